The number of anilines is 1. The molecule has 1 amide bonds. The van der Waals surface area contributed by atoms with E-state index in [9.17, 15) is 9.59 Å². The molecule has 0 radical (unpaired) electrons. The number of nitrogens with zero attached hydrogens (tertiary/aromatic N) is 2. The summed E-state index contributed by atoms with van der Waals surface area (Å²) in [5, 5.41) is 11.9. The predicted molar refractivity (Wildman–Crippen MR) is 74.8 cm³/mol. The highest BCUT2D eigenvalue weighted by Gasteiger charge is 2.30. The second kappa shape index (κ2) is 5.90. The van der Waals surface area contributed by atoms with E-state index in [1.165, 1.54) is 0 Å². The molecule has 2 unspecified atom stereocenters. The monoisotopic (exact) mass is 277 g/mol. The maximum absolute atomic E-state index is 12.1. The highest BCUT2D eigenvalue weighted by Crippen LogP contribution is 2.26. The fourth-order valence-corrected chi connectivity index (χ4v) is 2.41. The van der Waals surface area contributed by atoms with Gasteiger partial charge in [-0.05, 0) is 31.4 Å². The number of carboxylic acid groups (broad SMARTS) is 1. The maximum Gasteiger partial charge on any atom is 0.306 e. The summed E-state index contributed by atoms with van der Waals surface area (Å²) < 4.78 is 0. The first-order chi connectivity index (χ1) is 9.47. The van der Waals surface area contributed by atoms with Crippen molar-refractivity contribution in [2.45, 2.75) is 25.3 Å². The van der Waals surface area contributed by atoms with E-state index in [1.807, 2.05) is 19.0 Å². The summed E-state index contributed by atoms with van der Waals surface area (Å²) in [5.41, 5.74) is 0.544. The molecular weight excluding hydrogens is 258 g/mol. The van der Waals surface area contributed by atoms with Crippen LogP contribution in [0.25, 0.3) is 0 Å². The predicted octanol–water partition coefficient (Wildman–Crippen LogP) is 1.13. The summed E-state index contributed by atoms with van der Waals surface area (Å²) in [7, 11) is 3.72. The second-order valence-electron chi connectivity index (χ2n) is 5.32. The summed E-state index contributed by atoms with van der Waals surface area (Å²) in [6.45, 7) is 0. The average Bonchev–Trinajstić information content (AvgIpc) is 2.87. The largest absolute Gasteiger partial charge is 0.481 e. The first-order valence-electron chi connectivity index (χ1n) is 6.64. The lowest BCUT2D eigenvalue weighted by atomic mass is 10.1. The van der Waals surface area contributed by atoms with Crippen molar-refractivity contribution in [2.75, 3.05) is 19.0 Å². The van der Waals surface area contributed by atoms with Gasteiger partial charge in [0, 0.05) is 31.9 Å². The topological polar surface area (TPSA) is 82.5 Å². The first kappa shape index (κ1) is 14.3. The zero-order valence-electron chi connectivity index (χ0n) is 11.7. The van der Waals surface area contributed by atoms with Crippen LogP contribution in [0.5, 0.6) is 0 Å². The lowest BCUT2D eigenvalue weighted by Crippen LogP contribution is -2.33. The van der Waals surface area contributed by atoms with Gasteiger partial charge in [0.05, 0.1) is 5.92 Å². The molecule has 20 heavy (non-hydrogen) atoms. The highest BCUT2D eigenvalue weighted by molar-refractivity contribution is 5.95. The molecule has 0 bridgehead atoms. The molecule has 1 aromatic rings. The first-order valence-corrected chi connectivity index (χ1v) is 6.64. The van der Waals surface area contributed by atoms with E-state index in [0.717, 1.165) is 0 Å². The average molecular weight is 277 g/mol. The molecule has 1 aliphatic rings. The summed E-state index contributed by atoms with van der Waals surface area (Å²) in [6, 6.07) is 3.32. The smallest absolute Gasteiger partial charge is 0.306 e. The number of pyridine rings is 1. The zero-order valence-corrected chi connectivity index (χ0v) is 11.7. The zero-order chi connectivity index (χ0) is 14.7. The van der Waals surface area contributed by atoms with Crippen molar-refractivity contribution in [1.82, 2.24) is 10.3 Å². The fraction of sp³-hybridized carbons (Fsp3) is 0.500. The number of carbonyl (C=O) groups is 2. The van der Waals surface area contributed by atoms with Gasteiger partial charge < -0.3 is 15.3 Å². The van der Waals surface area contributed by atoms with E-state index in [1.54, 1.807) is 18.3 Å². The molecule has 2 atom stereocenters. The molecular formula is C14H19N3O3. The van der Waals surface area contributed by atoms with Crippen molar-refractivity contribution in [2.24, 2.45) is 5.92 Å². The summed E-state index contributed by atoms with van der Waals surface area (Å²) in [6.07, 6.45) is 3.44. The molecule has 2 N–H and O–H groups in total. The van der Waals surface area contributed by atoms with E-state index >= 15 is 0 Å². The third-order valence-electron chi connectivity index (χ3n) is 3.58. The molecule has 6 nitrogen and oxygen atoms in total. The number of amides is 1. The Morgan fingerprint density at radius 1 is 1.40 bits per heavy atom. The number of carbonyl (C=O) groups excluding carboxylic acids is 1. The minimum absolute atomic E-state index is 0.0560. The van der Waals surface area contributed by atoms with Gasteiger partial charge in [-0.15, -0.1) is 0 Å². The second-order valence-corrected chi connectivity index (χ2v) is 5.32. The fourth-order valence-electron chi connectivity index (χ4n) is 2.41. The van der Waals surface area contributed by atoms with Crippen LogP contribution in [-0.4, -0.2) is 42.1 Å². The van der Waals surface area contributed by atoms with E-state index in [-0.39, 0.29) is 17.9 Å². The summed E-state index contributed by atoms with van der Waals surface area (Å²) >= 11 is 0. The van der Waals surface area contributed by atoms with Crippen LogP contribution in [-0.2, 0) is 4.79 Å². The van der Waals surface area contributed by atoms with E-state index < -0.39 is 5.97 Å². The van der Waals surface area contributed by atoms with Crippen molar-refractivity contribution in [1.29, 1.82) is 0 Å². The number of nitrogens with one attached hydrogen (secondary N) is 1. The Morgan fingerprint density at radius 2 is 2.15 bits per heavy atom. The van der Waals surface area contributed by atoms with Crippen LogP contribution in [0.4, 0.5) is 5.82 Å². The quantitative estimate of drug-likeness (QED) is 0.862. The molecule has 0 spiro atoms. The van der Waals surface area contributed by atoms with Gasteiger partial charge in [-0.3, -0.25) is 9.59 Å². The van der Waals surface area contributed by atoms with E-state index in [4.69, 9.17) is 5.11 Å². The van der Waals surface area contributed by atoms with Crippen molar-refractivity contribution >= 4 is 17.7 Å². The third kappa shape index (κ3) is 3.26. The molecule has 2 rings (SSSR count). The van der Waals surface area contributed by atoms with E-state index in [2.05, 4.69) is 10.3 Å². The molecule has 0 aliphatic heterocycles. The molecule has 1 saturated carbocycles. The molecule has 108 valence electrons. The van der Waals surface area contributed by atoms with Gasteiger partial charge in [-0.25, -0.2) is 4.98 Å². The Morgan fingerprint density at radius 3 is 2.75 bits per heavy atom. The van der Waals surface area contributed by atoms with Gasteiger partial charge >= 0.3 is 5.97 Å². The normalized spacial score (nSPS) is 21.5. The van der Waals surface area contributed by atoms with Crippen molar-refractivity contribution in [3.8, 4) is 0 Å². The van der Waals surface area contributed by atoms with Crippen LogP contribution in [0.3, 0.4) is 0 Å². The van der Waals surface area contributed by atoms with Crippen LogP contribution in [0.1, 0.15) is 29.6 Å². The molecule has 1 aromatic heterocycles. The van der Waals surface area contributed by atoms with Crippen LogP contribution in [0, 0.1) is 5.92 Å². The van der Waals surface area contributed by atoms with Gasteiger partial charge in [0.25, 0.3) is 5.91 Å². The third-order valence-corrected chi connectivity index (χ3v) is 3.58. The maximum atomic E-state index is 12.1. The van der Waals surface area contributed by atoms with Gasteiger partial charge in [0.15, 0.2) is 0 Å². The Kier molecular flexibility index (Phi) is 4.22. The van der Waals surface area contributed by atoms with Crippen LogP contribution in [0.2, 0.25) is 0 Å². The summed E-state index contributed by atoms with van der Waals surface area (Å²) in [4.78, 5) is 29.0. The van der Waals surface area contributed by atoms with Gasteiger partial charge in [-0.2, -0.15) is 0 Å². The molecule has 1 aliphatic carbocycles. The lowest BCUT2D eigenvalue weighted by molar-refractivity contribution is -0.141. The van der Waals surface area contributed by atoms with Gasteiger partial charge in [-0.1, -0.05) is 0 Å². The van der Waals surface area contributed by atoms with Crippen molar-refractivity contribution < 1.29 is 14.7 Å². The number of aromatic nitrogens is 1. The van der Waals surface area contributed by atoms with Gasteiger partial charge in [0.1, 0.15) is 5.82 Å². The summed E-state index contributed by atoms with van der Waals surface area (Å²) in [5.74, 6) is -0.574. The number of rotatable bonds is 4. The Bertz CT molecular complexity index is 516. The van der Waals surface area contributed by atoms with Gasteiger partial charge in [0.2, 0.25) is 0 Å². The van der Waals surface area contributed by atoms with Crippen molar-refractivity contribution in [3.05, 3.63) is 23.9 Å². The Labute approximate surface area is 117 Å². The number of carboxylic acids is 1. The number of hydrogen-bond acceptors (Lipinski definition) is 4. The van der Waals surface area contributed by atoms with E-state index in [0.29, 0.717) is 30.6 Å². The SMILES string of the molecule is CN(C)c1cc(C(=O)NC2CCC(C(=O)O)C2)ccn1. The Hall–Kier alpha value is -2.11. The number of hydrogen-bond donors (Lipinski definition) is 2. The molecule has 1 fully saturated rings. The molecule has 1 heterocycles. The van der Waals surface area contributed by atoms with Crippen LogP contribution < -0.4 is 10.2 Å². The van der Waals surface area contributed by atoms with Crippen molar-refractivity contribution in [3.63, 3.8) is 0 Å². The lowest BCUT2D eigenvalue weighted by Gasteiger charge is -2.14. The molecule has 0 saturated heterocycles. The number of aliphatic carboxylic acids is 1. The standard InChI is InChI=1S/C14H19N3O3/c1-17(2)12-8-9(5-6-15-12)13(18)16-11-4-3-10(7-11)14(19)20/h5-6,8,10-11H,3-4,7H2,1-2H3,(H,16,18)(H,19,20). The molecule has 0 aromatic carbocycles. The van der Waals surface area contributed by atoms with Crippen LogP contribution >= 0.6 is 0 Å². The highest BCUT2D eigenvalue weighted by atomic mass is 16.4. The minimum atomic E-state index is -0.777. The minimum Gasteiger partial charge on any atom is -0.481 e. The van der Waals surface area contributed by atoms with Crippen LogP contribution in [0.15, 0.2) is 18.3 Å². The molecule has 6 heteroatoms. The Balaban J connectivity index is 1.99.